The Hall–Kier alpha value is -0.950. The number of amides is 1. The molecule has 0 unspecified atom stereocenters. The quantitative estimate of drug-likeness (QED) is 0.206. The van der Waals surface area contributed by atoms with Gasteiger partial charge >= 0.3 is 0 Å². The van der Waals surface area contributed by atoms with Crippen molar-refractivity contribution in [1.29, 1.82) is 0 Å². The average Bonchev–Trinajstić information content (AvgIpc) is 2.50. The summed E-state index contributed by atoms with van der Waals surface area (Å²) in [5.74, 6) is 0.987. The number of amidine groups is 1. The van der Waals surface area contributed by atoms with Gasteiger partial charge in [0.15, 0.2) is 5.84 Å². The zero-order valence-electron chi connectivity index (χ0n) is 12.1. The predicted molar refractivity (Wildman–Crippen MR) is 81.1 cm³/mol. The van der Waals surface area contributed by atoms with Crippen LogP contribution in [0.3, 0.4) is 0 Å². The average molecular weight is 303 g/mol. The summed E-state index contributed by atoms with van der Waals surface area (Å²) in [5.41, 5.74) is 4.82. The highest BCUT2D eigenvalue weighted by Gasteiger charge is 2.44. The Kier molecular flexibility index (Phi) is 7.76. The molecule has 7 heteroatoms. The molecular formula is C13H25N3O3S. The van der Waals surface area contributed by atoms with Gasteiger partial charge in [0.25, 0.3) is 0 Å². The van der Waals surface area contributed by atoms with Crippen molar-refractivity contribution in [3.63, 3.8) is 0 Å². The van der Waals surface area contributed by atoms with E-state index in [0.717, 1.165) is 25.0 Å². The molecule has 1 aliphatic rings. The smallest absolute Gasteiger partial charge is 0.234 e. The van der Waals surface area contributed by atoms with Crippen molar-refractivity contribution < 1.29 is 14.7 Å². The molecule has 0 bridgehead atoms. The van der Waals surface area contributed by atoms with E-state index in [2.05, 4.69) is 16.7 Å². The molecule has 0 aromatic heterocycles. The normalized spacial score (nSPS) is 18.8. The maximum Gasteiger partial charge on any atom is 0.234 e. The number of nitrogens with two attached hydrogens (primary N) is 1. The van der Waals surface area contributed by atoms with E-state index in [1.54, 1.807) is 0 Å². The summed E-state index contributed by atoms with van der Waals surface area (Å²) in [6.07, 6.45) is 6.22. The van der Waals surface area contributed by atoms with Crippen molar-refractivity contribution in [2.45, 2.75) is 32.1 Å². The van der Waals surface area contributed by atoms with E-state index >= 15 is 0 Å². The summed E-state index contributed by atoms with van der Waals surface area (Å²) in [6.45, 7) is 1.54. The van der Waals surface area contributed by atoms with Crippen LogP contribution >= 0.6 is 11.8 Å². The van der Waals surface area contributed by atoms with Gasteiger partial charge in [-0.25, -0.2) is 0 Å². The maximum atomic E-state index is 12.4. The second-order valence-electron chi connectivity index (χ2n) is 4.99. The first-order valence-corrected chi connectivity index (χ1v) is 8.40. The molecule has 0 aromatic rings. The van der Waals surface area contributed by atoms with Gasteiger partial charge in [-0.05, 0) is 37.7 Å². The van der Waals surface area contributed by atoms with Gasteiger partial charge in [0.2, 0.25) is 5.91 Å². The number of thioether (sulfide) groups is 1. The Morgan fingerprint density at radius 2 is 2.10 bits per heavy atom. The molecule has 1 rings (SSSR count). The van der Waals surface area contributed by atoms with Gasteiger partial charge in [0, 0.05) is 19.8 Å². The lowest BCUT2D eigenvalue weighted by molar-refractivity contribution is -0.131. The second-order valence-corrected chi connectivity index (χ2v) is 5.97. The molecule has 1 saturated heterocycles. The third kappa shape index (κ3) is 4.56. The number of hydrogen-bond donors (Lipinski definition) is 3. The van der Waals surface area contributed by atoms with Crippen molar-refractivity contribution in [3.8, 4) is 0 Å². The Labute approximate surface area is 124 Å². The minimum absolute atomic E-state index is 0.0133. The number of hydrogen-bond acceptors (Lipinski definition) is 5. The van der Waals surface area contributed by atoms with Crippen LogP contribution in [0.25, 0.3) is 0 Å². The van der Waals surface area contributed by atoms with E-state index in [1.165, 1.54) is 0 Å². The van der Waals surface area contributed by atoms with Crippen LogP contribution < -0.4 is 11.1 Å². The largest absolute Gasteiger partial charge is 0.409 e. The summed E-state index contributed by atoms with van der Waals surface area (Å²) in [5, 5.41) is 14.9. The number of ether oxygens (including phenoxy) is 1. The predicted octanol–water partition coefficient (Wildman–Crippen LogP) is 1.18. The third-order valence-corrected chi connectivity index (χ3v) is 4.39. The van der Waals surface area contributed by atoms with Crippen molar-refractivity contribution in [1.82, 2.24) is 5.32 Å². The highest BCUT2D eigenvalue weighted by molar-refractivity contribution is 7.98. The van der Waals surface area contributed by atoms with E-state index < -0.39 is 5.41 Å². The molecule has 1 heterocycles. The van der Waals surface area contributed by atoms with Gasteiger partial charge in [0.05, 0.1) is 0 Å². The van der Waals surface area contributed by atoms with E-state index in [1.807, 2.05) is 11.8 Å². The van der Waals surface area contributed by atoms with Crippen LogP contribution in [0.15, 0.2) is 5.16 Å². The molecule has 116 valence electrons. The fourth-order valence-electron chi connectivity index (χ4n) is 2.33. The van der Waals surface area contributed by atoms with Gasteiger partial charge in [-0.2, -0.15) is 11.8 Å². The minimum atomic E-state index is -0.910. The molecule has 1 aliphatic heterocycles. The molecule has 0 spiro atoms. The number of carbonyl (C=O) groups is 1. The summed E-state index contributed by atoms with van der Waals surface area (Å²) in [4.78, 5) is 12.4. The van der Waals surface area contributed by atoms with E-state index in [0.29, 0.717) is 32.6 Å². The standard InChI is InChI=1S/C13H25N3O3S/c1-20-10-4-2-3-7-15-12(17)13(11(14)16-18)5-8-19-9-6-13/h18H,2-10H2,1H3,(H2,14,16)(H,15,17). The van der Waals surface area contributed by atoms with E-state index in [-0.39, 0.29) is 11.7 Å². The first-order chi connectivity index (χ1) is 9.67. The van der Waals surface area contributed by atoms with Crippen LogP contribution in [-0.4, -0.2) is 48.7 Å². The number of rotatable bonds is 8. The Morgan fingerprint density at radius 1 is 1.40 bits per heavy atom. The molecule has 0 atom stereocenters. The van der Waals surface area contributed by atoms with Crippen molar-refractivity contribution in [2.24, 2.45) is 16.3 Å². The third-order valence-electron chi connectivity index (χ3n) is 3.69. The molecule has 6 nitrogen and oxygen atoms in total. The monoisotopic (exact) mass is 303 g/mol. The minimum Gasteiger partial charge on any atom is -0.409 e. The molecule has 0 saturated carbocycles. The zero-order chi connectivity index (χ0) is 14.8. The van der Waals surface area contributed by atoms with Crippen LogP contribution in [0.4, 0.5) is 0 Å². The number of nitrogens with zero attached hydrogens (tertiary/aromatic N) is 1. The van der Waals surface area contributed by atoms with Crippen molar-refractivity contribution >= 4 is 23.5 Å². The van der Waals surface area contributed by atoms with E-state index in [4.69, 9.17) is 15.7 Å². The molecule has 0 radical (unpaired) electrons. The lowest BCUT2D eigenvalue weighted by Gasteiger charge is -2.34. The number of unbranched alkanes of at least 4 members (excludes halogenated alkanes) is 2. The highest BCUT2D eigenvalue weighted by atomic mass is 32.2. The number of nitrogens with one attached hydrogen (secondary N) is 1. The molecule has 20 heavy (non-hydrogen) atoms. The van der Waals surface area contributed by atoms with Gasteiger partial charge < -0.3 is 21.0 Å². The van der Waals surface area contributed by atoms with Gasteiger partial charge in [-0.3, -0.25) is 4.79 Å². The summed E-state index contributed by atoms with van der Waals surface area (Å²) in [6, 6.07) is 0. The SMILES string of the molecule is CSCCCCCNC(=O)C1(C(N)=NO)CCOCC1. The molecule has 0 aromatic carbocycles. The topological polar surface area (TPSA) is 96.9 Å². The summed E-state index contributed by atoms with van der Waals surface area (Å²) < 4.78 is 5.27. The Morgan fingerprint density at radius 3 is 2.70 bits per heavy atom. The van der Waals surface area contributed by atoms with Crippen LogP contribution in [0.5, 0.6) is 0 Å². The van der Waals surface area contributed by atoms with Crippen LogP contribution in [0, 0.1) is 5.41 Å². The number of carbonyl (C=O) groups excluding carboxylic acids is 1. The Balaban J connectivity index is 2.44. The highest BCUT2D eigenvalue weighted by Crippen LogP contribution is 2.31. The zero-order valence-corrected chi connectivity index (χ0v) is 12.9. The molecular weight excluding hydrogens is 278 g/mol. The lowest BCUT2D eigenvalue weighted by atomic mass is 9.78. The van der Waals surface area contributed by atoms with Crippen molar-refractivity contribution in [3.05, 3.63) is 0 Å². The van der Waals surface area contributed by atoms with Crippen LogP contribution in [0.2, 0.25) is 0 Å². The van der Waals surface area contributed by atoms with Gasteiger partial charge in [-0.15, -0.1) is 0 Å². The van der Waals surface area contributed by atoms with Gasteiger partial charge in [-0.1, -0.05) is 11.6 Å². The fourth-order valence-corrected chi connectivity index (χ4v) is 2.83. The summed E-state index contributed by atoms with van der Waals surface area (Å²) >= 11 is 1.83. The van der Waals surface area contributed by atoms with Crippen LogP contribution in [0.1, 0.15) is 32.1 Å². The second kappa shape index (κ2) is 9.07. The fraction of sp³-hybridized carbons (Fsp3) is 0.846. The summed E-state index contributed by atoms with van der Waals surface area (Å²) in [7, 11) is 0. The van der Waals surface area contributed by atoms with Crippen molar-refractivity contribution in [2.75, 3.05) is 31.8 Å². The molecule has 0 aliphatic carbocycles. The number of oxime groups is 1. The lowest BCUT2D eigenvalue weighted by Crippen LogP contribution is -2.52. The molecule has 4 N–H and O–H groups in total. The molecule has 1 amide bonds. The first-order valence-electron chi connectivity index (χ1n) is 7.00. The van der Waals surface area contributed by atoms with Crippen LogP contribution in [-0.2, 0) is 9.53 Å². The maximum absolute atomic E-state index is 12.4. The Bertz CT molecular complexity index is 331. The first kappa shape index (κ1) is 17.1. The van der Waals surface area contributed by atoms with E-state index in [9.17, 15) is 4.79 Å². The van der Waals surface area contributed by atoms with Gasteiger partial charge in [0.1, 0.15) is 5.41 Å². The molecule has 1 fully saturated rings.